The number of amides is 2. The summed E-state index contributed by atoms with van der Waals surface area (Å²) in [6, 6.07) is 18.3. The van der Waals surface area contributed by atoms with Crippen LogP contribution in [0.5, 0.6) is 11.5 Å². The van der Waals surface area contributed by atoms with E-state index in [1.807, 2.05) is 42.5 Å². The number of imide groups is 1. The van der Waals surface area contributed by atoms with Crippen LogP contribution in [-0.4, -0.2) is 32.1 Å². The number of anilines is 2. The van der Waals surface area contributed by atoms with Crippen molar-refractivity contribution in [3.63, 3.8) is 0 Å². The molecule has 28 heavy (non-hydrogen) atoms. The molecule has 0 spiro atoms. The lowest BCUT2D eigenvalue weighted by molar-refractivity contribution is -0.121. The van der Waals surface area contributed by atoms with Crippen molar-refractivity contribution in [1.29, 1.82) is 0 Å². The second-order valence-corrected chi connectivity index (χ2v) is 6.57. The molecule has 1 N–H and O–H groups in total. The summed E-state index contributed by atoms with van der Waals surface area (Å²) in [6.07, 6.45) is 0.0972. The number of rotatable bonds is 5. The van der Waals surface area contributed by atoms with Gasteiger partial charge >= 0.3 is 0 Å². The maximum atomic E-state index is 12.9. The minimum Gasteiger partial charge on any atom is -0.493 e. The number of carbonyl (C=O) groups is 2. The van der Waals surface area contributed by atoms with Crippen LogP contribution < -0.4 is 19.7 Å². The Morgan fingerprint density at radius 3 is 2.39 bits per heavy atom. The number of hydrogen-bond donors (Lipinski definition) is 1. The van der Waals surface area contributed by atoms with Gasteiger partial charge in [0, 0.05) is 11.8 Å². The number of fused-ring (bicyclic) bond motifs is 1. The number of methoxy groups -OCH3 is 2. The Morgan fingerprint density at radius 1 is 0.893 bits per heavy atom. The Kier molecular flexibility index (Phi) is 4.61. The zero-order valence-corrected chi connectivity index (χ0v) is 15.6. The van der Waals surface area contributed by atoms with Gasteiger partial charge in [0.2, 0.25) is 5.91 Å². The molecule has 1 heterocycles. The summed E-state index contributed by atoms with van der Waals surface area (Å²) in [4.78, 5) is 26.6. The molecule has 2 amide bonds. The first-order chi connectivity index (χ1) is 13.6. The minimum atomic E-state index is -0.609. The van der Waals surface area contributed by atoms with E-state index in [4.69, 9.17) is 9.47 Å². The van der Waals surface area contributed by atoms with Crippen molar-refractivity contribution in [2.75, 3.05) is 24.4 Å². The van der Waals surface area contributed by atoms with E-state index >= 15 is 0 Å². The Hall–Kier alpha value is -3.54. The maximum Gasteiger partial charge on any atom is 0.256 e. The molecule has 0 aromatic heterocycles. The van der Waals surface area contributed by atoms with Gasteiger partial charge in [0.25, 0.3) is 5.91 Å². The molecule has 0 unspecified atom stereocenters. The standard InChI is InChI=1S/C22H20N2O4/c1-27-19-10-9-17(12-20(19)28-2)24-21(25)13-18(22(24)26)23-16-8-7-14-5-3-4-6-15(14)11-16/h3-12,18,23H,13H2,1-2H3/t18-/m0/s1. The van der Waals surface area contributed by atoms with Gasteiger partial charge in [-0.25, -0.2) is 4.90 Å². The number of carbonyl (C=O) groups excluding carboxylic acids is 2. The van der Waals surface area contributed by atoms with Gasteiger partial charge in [-0.05, 0) is 35.0 Å². The highest BCUT2D eigenvalue weighted by Gasteiger charge is 2.39. The lowest BCUT2D eigenvalue weighted by atomic mass is 10.1. The lowest BCUT2D eigenvalue weighted by Gasteiger charge is -2.18. The molecule has 6 nitrogen and oxygen atoms in total. The molecule has 6 heteroatoms. The van der Waals surface area contributed by atoms with Crippen molar-refractivity contribution < 1.29 is 19.1 Å². The number of benzene rings is 3. The molecule has 1 atom stereocenters. The molecular weight excluding hydrogens is 356 g/mol. The predicted octanol–water partition coefficient (Wildman–Crippen LogP) is 3.60. The zero-order valence-electron chi connectivity index (χ0n) is 15.6. The van der Waals surface area contributed by atoms with Crippen molar-refractivity contribution in [3.8, 4) is 11.5 Å². The highest BCUT2D eigenvalue weighted by atomic mass is 16.5. The van der Waals surface area contributed by atoms with Gasteiger partial charge in [0.15, 0.2) is 11.5 Å². The largest absolute Gasteiger partial charge is 0.493 e. The zero-order chi connectivity index (χ0) is 19.7. The first-order valence-corrected chi connectivity index (χ1v) is 8.95. The molecule has 0 aliphatic carbocycles. The van der Waals surface area contributed by atoms with E-state index in [9.17, 15) is 9.59 Å². The fraction of sp³-hybridized carbons (Fsp3) is 0.182. The molecule has 142 valence electrons. The van der Waals surface area contributed by atoms with Gasteiger partial charge in [-0.15, -0.1) is 0 Å². The smallest absolute Gasteiger partial charge is 0.256 e. The first kappa shape index (κ1) is 17.9. The second kappa shape index (κ2) is 7.23. The molecule has 0 bridgehead atoms. The highest BCUT2D eigenvalue weighted by Crippen LogP contribution is 2.34. The first-order valence-electron chi connectivity index (χ1n) is 8.95. The summed E-state index contributed by atoms with van der Waals surface area (Å²) in [7, 11) is 3.05. The van der Waals surface area contributed by atoms with Crippen molar-refractivity contribution in [1.82, 2.24) is 0 Å². The Morgan fingerprint density at radius 2 is 1.64 bits per heavy atom. The number of nitrogens with zero attached hydrogens (tertiary/aromatic N) is 1. The van der Waals surface area contributed by atoms with E-state index in [2.05, 4.69) is 5.32 Å². The molecule has 3 aromatic rings. The third-order valence-corrected chi connectivity index (χ3v) is 4.86. The fourth-order valence-corrected chi connectivity index (χ4v) is 3.46. The van der Waals surface area contributed by atoms with E-state index in [0.717, 1.165) is 16.5 Å². The highest BCUT2D eigenvalue weighted by molar-refractivity contribution is 6.23. The number of ether oxygens (including phenoxy) is 2. The van der Waals surface area contributed by atoms with Crippen LogP contribution in [0.15, 0.2) is 60.7 Å². The molecule has 1 fully saturated rings. The Bertz CT molecular complexity index is 1060. The monoisotopic (exact) mass is 376 g/mol. The average Bonchev–Trinajstić information content (AvgIpc) is 3.00. The van der Waals surface area contributed by atoms with Gasteiger partial charge in [-0.1, -0.05) is 30.3 Å². The summed E-state index contributed by atoms with van der Waals surface area (Å²) >= 11 is 0. The molecular formula is C22H20N2O4. The minimum absolute atomic E-state index is 0.0972. The molecule has 1 aliphatic rings. The van der Waals surface area contributed by atoms with Gasteiger partial charge in [-0.2, -0.15) is 0 Å². The summed E-state index contributed by atoms with van der Waals surface area (Å²) < 4.78 is 10.5. The van der Waals surface area contributed by atoms with Crippen LogP contribution in [0.1, 0.15) is 6.42 Å². The summed E-state index contributed by atoms with van der Waals surface area (Å²) in [5, 5.41) is 5.39. The van der Waals surface area contributed by atoms with Crippen LogP contribution in [-0.2, 0) is 9.59 Å². The summed E-state index contributed by atoms with van der Waals surface area (Å²) in [5.74, 6) is 0.462. The molecule has 1 aliphatic heterocycles. The molecule has 3 aromatic carbocycles. The quantitative estimate of drug-likeness (QED) is 0.689. The third-order valence-electron chi connectivity index (χ3n) is 4.86. The van der Waals surface area contributed by atoms with Gasteiger partial charge in [-0.3, -0.25) is 9.59 Å². The summed E-state index contributed by atoms with van der Waals surface area (Å²) in [6.45, 7) is 0. The van der Waals surface area contributed by atoms with Gasteiger partial charge < -0.3 is 14.8 Å². The van der Waals surface area contributed by atoms with Crippen LogP contribution in [0.2, 0.25) is 0 Å². The van der Waals surface area contributed by atoms with Crippen LogP contribution in [0.4, 0.5) is 11.4 Å². The van der Waals surface area contributed by atoms with E-state index in [-0.39, 0.29) is 18.2 Å². The average molecular weight is 376 g/mol. The SMILES string of the molecule is COc1ccc(N2C(=O)C[C@H](Nc3ccc4ccccc4c3)C2=O)cc1OC. The van der Waals surface area contributed by atoms with Crippen molar-refractivity contribution in [2.24, 2.45) is 0 Å². The second-order valence-electron chi connectivity index (χ2n) is 6.57. The number of hydrogen-bond acceptors (Lipinski definition) is 5. The predicted molar refractivity (Wildman–Crippen MR) is 108 cm³/mol. The van der Waals surface area contributed by atoms with Crippen LogP contribution in [0.3, 0.4) is 0 Å². The topological polar surface area (TPSA) is 67.9 Å². The van der Waals surface area contributed by atoms with Gasteiger partial charge in [0.05, 0.1) is 26.3 Å². The van der Waals surface area contributed by atoms with E-state index < -0.39 is 6.04 Å². The molecule has 0 radical (unpaired) electrons. The third kappa shape index (κ3) is 3.13. The normalized spacial score (nSPS) is 16.5. The van der Waals surface area contributed by atoms with Gasteiger partial charge in [0.1, 0.15) is 6.04 Å². The Balaban J connectivity index is 1.58. The van der Waals surface area contributed by atoms with Crippen molar-refractivity contribution in [3.05, 3.63) is 60.7 Å². The van der Waals surface area contributed by atoms with E-state index in [0.29, 0.717) is 17.2 Å². The van der Waals surface area contributed by atoms with E-state index in [1.165, 1.54) is 19.1 Å². The lowest BCUT2D eigenvalue weighted by Crippen LogP contribution is -2.34. The molecule has 1 saturated heterocycles. The fourth-order valence-electron chi connectivity index (χ4n) is 3.46. The van der Waals surface area contributed by atoms with E-state index in [1.54, 1.807) is 18.2 Å². The Labute approximate surface area is 162 Å². The molecule has 4 rings (SSSR count). The maximum absolute atomic E-state index is 12.9. The summed E-state index contributed by atoms with van der Waals surface area (Å²) in [5.41, 5.74) is 1.27. The van der Waals surface area contributed by atoms with Crippen molar-refractivity contribution in [2.45, 2.75) is 12.5 Å². The molecule has 0 saturated carbocycles. The number of nitrogens with one attached hydrogen (secondary N) is 1. The van der Waals surface area contributed by atoms with Crippen LogP contribution >= 0.6 is 0 Å². The van der Waals surface area contributed by atoms with Crippen LogP contribution in [0, 0.1) is 0 Å². The van der Waals surface area contributed by atoms with Crippen molar-refractivity contribution >= 4 is 34.0 Å². The van der Waals surface area contributed by atoms with Crippen LogP contribution in [0.25, 0.3) is 10.8 Å².